The van der Waals surface area contributed by atoms with Gasteiger partial charge in [0.25, 0.3) is 12.0 Å². The molecule has 0 radical (unpaired) electrons. The third-order valence-corrected chi connectivity index (χ3v) is 4.13. The minimum atomic E-state index is -1.37. The standard InChI is InChI=1S/C18H26N2O11/c1-10-14(24)15(16(30-10)20-5-4-13(23)19-17(20)25)31-18(28-8-6-26-11(2)21)29-9-7-27-12(3)22/h4-5,10,14-16,18,24H,6-9H2,1-3H3,(H,19,23,25)/t10-,14-,15-,16-/m1/s1. The highest BCUT2D eigenvalue weighted by Crippen LogP contribution is 2.31. The summed E-state index contributed by atoms with van der Waals surface area (Å²) >= 11 is 0. The van der Waals surface area contributed by atoms with Gasteiger partial charge >= 0.3 is 17.6 Å². The molecule has 0 spiro atoms. The second-order valence-electron chi connectivity index (χ2n) is 6.55. The number of H-pyrrole nitrogens is 1. The molecule has 1 aromatic rings. The van der Waals surface area contributed by atoms with Crippen molar-refractivity contribution < 1.29 is 43.1 Å². The van der Waals surface area contributed by atoms with Crippen molar-refractivity contribution in [3.8, 4) is 0 Å². The molecule has 13 nitrogen and oxygen atoms in total. The van der Waals surface area contributed by atoms with Crippen LogP contribution in [-0.2, 0) is 38.0 Å². The largest absolute Gasteiger partial charge is 0.463 e. The molecule has 1 aliphatic rings. The van der Waals surface area contributed by atoms with E-state index in [2.05, 4.69) is 4.98 Å². The normalized spacial score (nSPS) is 23.1. The Kier molecular flexibility index (Phi) is 9.33. The van der Waals surface area contributed by atoms with E-state index in [0.717, 1.165) is 10.6 Å². The maximum absolute atomic E-state index is 12.2. The molecule has 0 saturated carbocycles. The van der Waals surface area contributed by atoms with E-state index in [1.165, 1.54) is 20.0 Å². The van der Waals surface area contributed by atoms with E-state index in [0.29, 0.717) is 0 Å². The molecule has 1 saturated heterocycles. The maximum Gasteiger partial charge on any atom is 0.330 e. The lowest BCUT2D eigenvalue weighted by atomic mass is 10.1. The lowest BCUT2D eigenvalue weighted by Gasteiger charge is -2.27. The third-order valence-electron chi connectivity index (χ3n) is 4.13. The first-order valence-corrected chi connectivity index (χ1v) is 9.49. The van der Waals surface area contributed by atoms with E-state index in [1.54, 1.807) is 6.92 Å². The van der Waals surface area contributed by atoms with Crippen LogP contribution < -0.4 is 11.2 Å². The summed E-state index contributed by atoms with van der Waals surface area (Å²) in [6.07, 6.45) is -2.88. The van der Waals surface area contributed by atoms with E-state index >= 15 is 0 Å². The molecule has 1 fully saturated rings. The van der Waals surface area contributed by atoms with Crippen molar-refractivity contribution in [3.05, 3.63) is 33.1 Å². The van der Waals surface area contributed by atoms with E-state index < -0.39 is 54.2 Å². The van der Waals surface area contributed by atoms with E-state index in [4.69, 9.17) is 28.4 Å². The molecule has 0 aromatic carbocycles. The van der Waals surface area contributed by atoms with Crippen molar-refractivity contribution in [1.29, 1.82) is 0 Å². The van der Waals surface area contributed by atoms with Crippen molar-refractivity contribution in [2.75, 3.05) is 26.4 Å². The number of nitrogens with one attached hydrogen (secondary N) is 1. The number of esters is 2. The second kappa shape index (κ2) is 11.7. The summed E-state index contributed by atoms with van der Waals surface area (Å²) in [6.45, 7) is 2.33. The predicted molar refractivity (Wildman–Crippen MR) is 101 cm³/mol. The van der Waals surface area contributed by atoms with Gasteiger partial charge in [0.15, 0.2) is 6.23 Å². The number of carbonyl (C=O) groups is 2. The first-order chi connectivity index (χ1) is 14.7. The molecule has 2 heterocycles. The Morgan fingerprint density at radius 1 is 1.13 bits per heavy atom. The molecule has 1 aromatic heterocycles. The Balaban J connectivity index is 2.10. The second-order valence-corrected chi connectivity index (χ2v) is 6.55. The fourth-order valence-corrected chi connectivity index (χ4v) is 2.73. The van der Waals surface area contributed by atoms with Crippen LogP contribution in [0.2, 0.25) is 0 Å². The summed E-state index contributed by atoms with van der Waals surface area (Å²) in [7, 11) is 0. The fraction of sp³-hybridized carbons (Fsp3) is 0.667. The molecule has 0 amide bonds. The van der Waals surface area contributed by atoms with Crippen LogP contribution >= 0.6 is 0 Å². The molecule has 2 rings (SSSR count). The van der Waals surface area contributed by atoms with E-state index in [1.807, 2.05) is 0 Å². The lowest BCUT2D eigenvalue weighted by Crippen LogP contribution is -2.42. The average Bonchev–Trinajstić information content (AvgIpc) is 2.96. The van der Waals surface area contributed by atoms with Gasteiger partial charge in [0.05, 0.1) is 19.3 Å². The molecule has 0 bridgehead atoms. The predicted octanol–water partition coefficient (Wildman–Crippen LogP) is -1.36. The zero-order chi connectivity index (χ0) is 23.0. The van der Waals surface area contributed by atoms with Crippen LogP contribution in [0.5, 0.6) is 0 Å². The number of nitrogens with zero attached hydrogens (tertiary/aromatic N) is 1. The van der Waals surface area contributed by atoms with Crippen molar-refractivity contribution in [1.82, 2.24) is 9.55 Å². The highest BCUT2D eigenvalue weighted by molar-refractivity contribution is 5.66. The molecule has 174 valence electrons. The number of aromatic nitrogens is 2. The molecule has 1 aliphatic heterocycles. The smallest absolute Gasteiger partial charge is 0.330 e. The van der Waals surface area contributed by atoms with Gasteiger partial charge in [-0.3, -0.25) is 23.9 Å². The topological polar surface area (TPSA) is 165 Å². The first kappa shape index (κ1) is 24.7. The summed E-state index contributed by atoms with van der Waals surface area (Å²) in [4.78, 5) is 47.3. The summed E-state index contributed by atoms with van der Waals surface area (Å²) < 4.78 is 32.8. The van der Waals surface area contributed by atoms with Crippen molar-refractivity contribution in [2.24, 2.45) is 0 Å². The number of hydrogen-bond acceptors (Lipinski definition) is 11. The molecular weight excluding hydrogens is 420 g/mol. The quantitative estimate of drug-likeness (QED) is 0.234. The molecule has 13 heteroatoms. The van der Waals surface area contributed by atoms with Gasteiger partial charge in [-0.1, -0.05) is 0 Å². The maximum atomic E-state index is 12.2. The molecule has 0 aliphatic carbocycles. The van der Waals surface area contributed by atoms with Gasteiger partial charge in [0.2, 0.25) is 0 Å². The zero-order valence-electron chi connectivity index (χ0n) is 17.3. The number of aliphatic hydroxyl groups excluding tert-OH is 1. The molecular formula is C18H26N2O11. The van der Waals surface area contributed by atoms with Crippen molar-refractivity contribution >= 4 is 11.9 Å². The number of carbonyl (C=O) groups excluding carboxylic acids is 2. The first-order valence-electron chi connectivity index (χ1n) is 9.49. The number of ether oxygens (including phenoxy) is 6. The van der Waals surface area contributed by atoms with Crippen LogP contribution in [-0.4, -0.2) is 77.8 Å². The van der Waals surface area contributed by atoms with E-state index in [-0.39, 0.29) is 26.4 Å². The summed E-state index contributed by atoms with van der Waals surface area (Å²) in [6, 6.07) is 1.12. The minimum Gasteiger partial charge on any atom is -0.463 e. The Labute approximate surface area is 176 Å². The Hall–Kier alpha value is -2.58. The zero-order valence-corrected chi connectivity index (χ0v) is 17.3. The molecule has 31 heavy (non-hydrogen) atoms. The molecule has 0 unspecified atom stereocenters. The Bertz CT molecular complexity index is 829. The van der Waals surface area contributed by atoms with Crippen LogP contribution in [0, 0.1) is 0 Å². The van der Waals surface area contributed by atoms with Crippen molar-refractivity contribution in [3.63, 3.8) is 0 Å². The van der Waals surface area contributed by atoms with Gasteiger partial charge in [0, 0.05) is 26.1 Å². The number of hydrogen-bond donors (Lipinski definition) is 2. The highest BCUT2D eigenvalue weighted by atomic mass is 16.9. The minimum absolute atomic E-state index is 0.0779. The van der Waals surface area contributed by atoms with Crippen LogP contribution in [0.25, 0.3) is 0 Å². The van der Waals surface area contributed by atoms with Gasteiger partial charge in [-0.25, -0.2) is 4.79 Å². The van der Waals surface area contributed by atoms with Gasteiger partial charge in [-0.15, -0.1) is 0 Å². The Morgan fingerprint density at radius 2 is 1.71 bits per heavy atom. The van der Waals surface area contributed by atoms with Gasteiger partial charge < -0.3 is 33.5 Å². The van der Waals surface area contributed by atoms with E-state index in [9.17, 15) is 24.3 Å². The highest BCUT2D eigenvalue weighted by Gasteiger charge is 2.45. The van der Waals surface area contributed by atoms with Crippen LogP contribution in [0.3, 0.4) is 0 Å². The SMILES string of the molecule is CC(=O)OCCOC(OCCOC(C)=O)O[C@@H]1[C@H](O)[C@@H](C)O[C@H]1n1ccc(=O)[nH]c1=O. The fourth-order valence-electron chi connectivity index (χ4n) is 2.73. The van der Waals surface area contributed by atoms with Gasteiger partial charge in [-0.05, 0) is 6.92 Å². The number of aliphatic hydroxyl groups is 1. The lowest BCUT2D eigenvalue weighted by molar-refractivity contribution is -0.321. The number of rotatable bonds is 11. The summed E-state index contributed by atoms with van der Waals surface area (Å²) in [5, 5.41) is 10.5. The summed E-state index contributed by atoms with van der Waals surface area (Å²) in [5.74, 6) is -0.995. The molecule has 2 N–H and O–H groups in total. The van der Waals surface area contributed by atoms with Crippen LogP contribution in [0.1, 0.15) is 27.0 Å². The average molecular weight is 446 g/mol. The molecule has 4 atom stereocenters. The van der Waals surface area contributed by atoms with Gasteiger partial charge in [0.1, 0.15) is 25.4 Å². The van der Waals surface area contributed by atoms with Crippen LogP contribution in [0.15, 0.2) is 21.9 Å². The summed E-state index contributed by atoms with van der Waals surface area (Å²) in [5.41, 5.74) is -1.35. The Morgan fingerprint density at radius 3 is 2.23 bits per heavy atom. The van der Waals surface area contributed by atoms with Crippen molar-refractivity contribution in [2.45, 2.75) is 51.8 Å². The monoisotopic (exact) mass is 446 g/mol. The van der Waals surface area contributed by atoms with Gasteiger partial charge in [-0.2, -0.15) is 0 Å². The van der Waals surface area contributed by atoms with Crippen LogP contribution in [0.4, 0.5) is 0 Å². The number of aromatic amines is 1. The third kappa shape index (κ3) is 7.56.